The van der Waals surface area contributed by atoms with Crippen LogP contribution >= 0.6 is 0 Å². The number of hydrogen-bond donors (Lipinski definition) is 2. The predicted molar refractivity (Wildman–Crippen MR) is 73.2 cm³/mol. The number of nitrogens with one attached hydrogen (secondary N) is 2. The first kappa shape index (κ1) is 12.8. The van der Waals surface area contributed by atoms with Crippen LogP contribution in [0.15, 0.2) is 28.8 Å². The van der Waals surface area contributed by atoms with E-state index in [0.717, 1.165) is 19.5 Å². The third kappa shape index (κ3) is 2.55. The number of hydrogen-bond acceptors (Lipinski definition) is 5. The summed E-state index contributed by atoms with van der Waals surface area (Å²) < 4.78 is 5.16. The number of carbonyl (C=O) groups excluding carboxylic acids is 1. The van der Waals surface area contributed by atoms with E-state index in [2.05, 4.69) is 20.8 Å². The molecule has 0 spiro atoms. The van der Waals surface area contributed by atoms with E-state index in [9.17, 15) is 4.79 Å². The summed E-state index contributed by atoms with van der Waals surface area (Å²) in [6, 6.07) is 7.44. The van der Waals surface area contributed by atoms with Gasteiger partial charge in [0.25, 0.3) is 11.8 Å². The van der Waals surface area contributed by atoms with Crippen molar-refractivity contribution in [3.63, 3.8) is 0 Å². The molecule has 2 heterocycles. The molecule has 3 rings (SSSR count). The summed E-state index contributed by atoms with van der Waals surface area (Å²) in [5.41, 5.74) is 1.22. The van der Waals surface area contributed by atoms with Crippen molar-refractivity contribution in [2.24, 2.45) is 0 Å². The van der Waals surface area contributed by atoms with Crippen molar-refractivity contribution >= 4 is 5.91 Å². The number of amides is 1. The Hall–Kier alpha value is -2.21. The van der Waals surface area contributed by atoms with E-state index in [4.69, 9.17) is 4.52 Å². The third-order valence-corrected chi connectivity index (χ3v) is 3.33. The van der Waals surface area contributed by atoms with Gasteiger partial charge in [0, 0.05) is 12.6 Å². The zero-order chi connectivity index (χ0) is 13.9. The number of rotatable bonds is 3. The average molecular weight is 272 g/mol. The Bertz CT molecular complexity index is 617. The predicted octanol–water partition coefficient (Wildman–Crippen LogP) is 1.14. The number of nitrogens with zero attached hydrogens (tertiary/aromatic N) is 2. The highest BCUT2D eigenvalue weighted by molar-refractivity contribution is 6.00. The lowest BCUT2D eigenvalue weighted by atomic mass is 10.1. The highest BCUT2D eigenvalue weighted by Gasteiger charge is 2.21. The monoisotopic (exact) mass is 272 g/mol. The van der Waals surface area contributed by atoms with Gasteiger partial charge in [-0.05, 0) is 32.0 Å². The quantitative estimate of drug-likeness (QED) is 0.875. The molecule has 0 saturated carbocycles. The number of carbonyl (C=O) groups is 1. The summed E-state index contributed by atoms with van der Waals surface area (Å²) >= 11 is 0. The highest BCUT2D eigenvalue weighted by Crippen LogP contribution is 2.22. The zero-order valence-electron chi connectivity index (χ0n) is 11.2. The van der Waals surface area contributed by atoms with Gasteiger partial charge in [-0.1, -0.05) is 17.3 Å². The van der Waals surface area contributed by atoms with Crippen LogP contribution in [0.2, 0.25) is 0 Å². The van der Waals surface area contributed by atoms with Crippen LogP contribution in [0, 0.1) is 6.92 Å². The van der Waals surface area contributed by atoms with E-state index in [-0.39, 0.29) is 11.9 Å². The van der Waals surface area contributed by atoms with Gasteiger partial charge < -0.3 is 15.2 Å². The lowest BCUT2D eigenvalue weighted by Crippen LogP contribution is -2.36. The lowest BCUT2D eigenvalue weighted by Gasteiger charge is -2.12. The molecule has 1 aromatic heterocycles. The summed E-state index contributed by atoms with van der Waals surface area (Å²) in [7, 11) is 0. The van der Waals surface area contributed by atoms with Gasteiger partial charge in [0.2, 0.25) is 0 Å². The molecule has 1 atom stereocenters. The molecule has 1 aliphatic heterocycles. The molecule has 1 unspecified atom stereocenters. The fourth-order valence-corrected chi connectivity index (χ4v) is 2.32. The molecule has 6 nitrogen and oxygen atoms in total. The van der Waals surface area contributed by atoms with Crippen molar-refractivity contribution in [3.05, 3.63) is 35.7 Å². The molecule has 1 aliphatic rings. The van der Waals surface area contributed by atoms with Gasteiger partial charge in [0.1, 0.15) is 0 Å². The summed E-state index contributed by atoms with van der Waals surface area (Å²) in [6.07, 6.45) is 0.952. The number of aryl methyl sites for hydroxylation is 1. The topological polar surface area (TPSA) is 80.0 Å². The molecule has 1 fully saturated rings. The highest BCUT2D eigenvalue weighted by atomic mass is 16.5. The molecule has 0 radical (unpaired) electrons. The van der Waals surface area contributed by atoms with Crippen molar-refractivity contribution in [2.75, 3.05) is 13.1 Å². The fourth-order valence-electron chi connectivity index (χ4n) is 2.32. The molecule has 20 heavy (non-hydrogen) atoms. The molecule has 6 heteroatoms. The van der Waals surface area contributed by atoms with Crippen LogP contribution in [-0.2, 0) is 0 Å². The SMILES string of the molecule is Cc1noc(-c2ccccc2C(=O)NC2CCNC2)n1. The van der Waals surface area contributed by atoms with Crippen LogP contribution in [0.1, 0.15) is 22.6 Å². The van der Waals surface area contributed by atoms with E-state index in [1.807, 2.05) is 18.2 Å². The van der Waals surface area contributed by atoms with Crippen molar-refractivity contribution in [1.82, 2.24) is 20.8 Å². The van der Waals surface area contributed by atoms with Crippen LogP contribution in [0.3, 0.4) is 0 Å². The van der Waals surface area contributed by atoms with Gasteiger partial charge in [-0.25, -0.2) is 0 Å². The maximum Gasteiger partial charge on any atom is 0.258 e. The summed E-state index contributed by atoms with van der Waals surface area (Å²) in [5, 5.41) is 10.0. The molecule has 2 N–H and O–H groups in total. The summed E-state index contributed by atoms with van der Waals surface area (Å²) in [6.45, 7) is 3.50. The maximum atomic E-state index is 12.4. The minimum absolute atomic E-state index is 0.106. The first-order valence-corrected chi connectivity index (χ1v) is 6.65. The Morgan fingerprint density at radius 2 is 2.30 bits per heavy atom. The zero-order valence-corrected chi connectivity index (χ0v) is 11.2. The van der Waals surface area contributed by atoms with Crippen molar-refractivity contribution in [1.29, 1.82) is 0 Å². The molecular weight excluding hydrogens is 256 g/mol. The van der Waals surface area contributed by atoms with Gasteiger partial charge in [0.05, 0.1) is 11.1 Å². The van der Waals surface area contributed by atoms with Crippen LogP contribution in [0.4, 0.5) is 0 Å². The maximum absolute atomic E-state index is 12.4. The van der Waals surface area contributed by atoms with Crippen LogP contribution in [-0.4, -0.2) is 35.2 Å². The molecule has 0 aliphatic carbocycles. The first-order valence-electron chi connectivity index (χ1n) is 6.65. The van der Waals surface area contributed by atoms with E-state index >= 15 is 0 Å². The molecule has 1 aromatic carbocycles. The van der Waals surface area contributed by atoms with Gasteiger partial charge in [-0.3, -0.25) is 4.79 Å². The Balaban J connectivity index is 1.87. The van der Waals surface area contributed by atoms with E-state index in [1.54, 1.807) is 13.0 Å². The Morgan fingerprint density at radius 1 is 1.45 bits per heavy atom. The van der Waals surface area contributed by atoms with Gasteiger partial charge in [0.15, 0.2) is 5.82 Å². The van der Waals surface area contributed by atoms with E-state index < -0.39 is 0 Å². The third-order valence-electron chi connectivity index (χ3n) is 3.33. The van der Waals surface area contributed by atoms with E-state index in [1.165, 1.54) is 0 Å². The van der Waals surface area contributed by atoms with Crippen LogP contribution in [0.25, 0.3) is 11.5 Å². The molecule has 1 saturated heterocycles. The number of benzene rings is 1. The van der Waals surface area contributed by atoms with Gasteiger partial charge in [-0.2, -0.15) is 4.98 Å². The van der Waals surface area contributed by atoms with Gasteiger partial charge in [-0.15, -0.1) is 0 Å². The normalized spacial score (nSPS) is 18.1. The van der Waals surface area contributed by atoms with Crippen LogP contribution < -0.4 is 10.6 Å². The smallest absolute Gasteiger partial charge is 0.258 e. The molecule has 104 valence electrons. The van der Waals surface area contributed by atoms with Crippen LogP contribution in [0.5, 0.6) is 0 Å². The van der Waals surface area contributed by atoms with Crippen molar-refractivity contribution in [3.8, 4) is 11.5 Å². The van der Waals surface area contributed by atoms with Crippen molar-refractivity contribution in [2.45, 2.75) is 19.4 Å². The largest absolute Gasteiger partial charge is 0.348 e. The molecule has 2 aromatic rings. The second-order valence-corrected chi connectivity index (χ2v) is 4.86. The summed E-state index contributed by atoms with van der Waals surface area (Å²) in [4.78, 5) is 16.6. The van der Waals surface area contributed by atoms with Crippen molar-refractivity contribution < 1.29 is 9.32 Å². The minimum atomic E-state index is -0.106. The minimum Gasteiger partial charge on any atom is -0.348 e. The lowest BCUT2D eigenvalue weighted by molar-refractivity contribution is 0.0940. The van der Waals surface area contributed by atoms with E-state index in [0.29, 0.717) is 22.8 Å². The Kier molecular flexibility index (Phi) is 3.47. The Labute approximate surface area is 116 Å². The summed E-state index contributed by atoms with van der Waals surface area (Å²) in [5.74, 6) is 0.818. The second kappa shape index (κ2) is 5.42. The Morgan fingerprint density at radius 3 is 3.00 bits per heavy atom. The molecule has 1 amide bonds. The second-order valence-electron chi connectivity index (χ2n) is 4.86. The molecule has 0 bridgehead atoms. The number of aromatic nitrogens is 2. The standard InChI is InChI=1S/C14H16N4O2/c1-9-16-14(20-18-9)12-5-3-2-4-11(12)13(19)17-10-6-7-15-8-10/h2-5,10,15H,6-8H2,1H3,(H,17,19). The average Bonchev–Trinajstić information content (AvgIpc) is 3.10. The fraction of sp³-hybridized carbons (Fsp3) is 0.357. The molecular formula is C14H16N4O2. The first-order chi connectivity index (χ1) is 9.74. The van der Waals surface area contributed by atoms with Gasteiger partial charge >= 0.3 is 0 Å².